The van der Waals surface area contributed by atoms with E-state index in [0.29, 0.717) is 22.9 Å². The van der Waals surface area contributed by atoms with Gasteiger partial charge in [0.25, 0.3) is 0 Å². The summed E-state index contributed by atoms with van der Waals surface area (Å²) in [4.78, 5) is 12.5. The molecule has 1 aromatic carbocycles. The molecule has 1 N–H and O–H groups in total. The van der Waals surface area contributed by atoms with Gasteiger partial charge < -0.3 is 9.83 Å². The van der Waals surface area contributed by atoms with Crippen molar-refractivity contribution in [2.24, 2.45) is 0 Å². The Labute approximate surface area is 115 Å². The lowest BCUT2D eigenvalue weighted by Crippen LogP contribution is -2.14. The first-order chi connectivity index (χ1) is 9.16. The molecular weight excluding hydrogens is 262 g/mol. The van der Waals surface area contributed by atoms with Crippen LogP contribution in [0.25, 0.3) is 0 Å². The van der Waals surface area contributed by atoms with Gasteiger partial charge in [-0.2, -0.15) is 0 Å². The number of hydrogen-bond acceptors (Lipinski definition) is 3. The molecular formula is C15H12ClNO2. The highest BCUT2D eigenvalue weighted by atomic mass is 35.5. The van der Waals surface area contributed by atoms with Gasteiger partial charge in [-0.25, -0.2) is 0 Å². The molecule has 0 aliphatic heterocycles. The van der Waals surface area contributed by atoms with Crippen LogP contribution >= 0.6 is 11.6 Å². The normalized spacial score (nSPS) is 23.0. The average molecular weight is 274 g/mol. The highest BCUT2D eigenvalue weighted by Crippen LogP contribution is 2.38. The summed E-state index contributed by atoms with van der Waals surface area (Å²) in [5.41, 5.74) is 1.21. The first-order valence-corrected chi connectivity index (χ1v) is 6.44. The Morgan fingerprint density at radius 1 is 1.26 bits per heavy atom. The molecule has 1 saturated carbocycles. The molecule has 1 aromatic heterocycles. The molecule has 2 aromatic rings. The Morgan fingerprint density at radius 2 is 2.11 bits per heavy atom. The number of carbonyl (C=O) groups is 1. The Balaban J connectivity index is 1.96. The minimum Gasteiger partial charge on any atom is -0.469 e. The molecule has 1 aliphatic carbocycles. The zero-order chi connectivity index (χ0) is 13.4. The molecule has 0 saturated heterocycles. The van der Waals surface area contributed by atoms with E-state index in [2.05, 4.69) is 0 Å². The van der Waals surface area contributed by atoms with Crippen molar-refractivity contribution < 1.29 is 9.21 Å². The summed E-state index contributed by atoms with van der Waals surface area (Å²) in [6, 6.07) is 10.7. The van der Waals surface area contributed by atoms with Gasteiger partial charge >= 0.3 is 0 Å². The maximum atomic E-state index is 12.5. The van der Waals surface area contributed by atoms with Gasteiger partial charge in [0, 0.05) is 17.2 Å². The fraction of sp³-hybridized carbons (Fsp3) is 0.200. The fourth-order valence-electron chi connectivity index (χ4n) is 2.59. The maximum Gasteiger partial charge on any atom is 0.156 e. The van der Waals surface area contributed by atoms with E-state index >= 15 is 0 Å². The standard InChI is InChI=1S/C15H12ClNO2/c16-10-4-1-3-9(7-10)14-12(17)8-11(15(14)18)13-5-2-6-19-13/h1-7,11,14,17H,8H2. The van der Waals surface area contributed by atoms with Gasteiger partial charge in [0.05, 0.1) is 18.1 Å². The molecule has 0 bridgehead atoms. The summed E-state index contributed by atoms with van der Waals surface area (Å²) in [6.07, 6.45) is 1.97. The fourth-order valence-corrected chi connectivity index (χ4v) is 2.79. The van der Waals surface area contributed by atoms with Crippen LogP contribution in [0.4, 0.5) is 0 Å². The van der Waals surface area contributed by atoms with Gasteiger partial charge in [-0.15, -0.1) is 0 Å². The second-order valence-electron chi connectivity index (χ2n) is 4.69. The van der Waals surface area contributed by atoms with Crippen molar-refractivity contribution in [3.8, 4) is 0 Å². The number of nitrogens with one attached hydrogen (secondary N) is 1. The second kappa shape index (κ2) is 4.67. The van der Waals surface area contributed by atoms with Gasteiger partial charge in [0.15, 0.2) is 5.78 Å². The van der Waals surface area contributed by atoms with Gasteiger partial charge in [0.1, 0.15) is 5.76 Å². The van der Waals surface area contributed by atoms with Crippen LogP contribution in [0, 0.1) is 5.41 Å². The topological polar surface area (TPSA) is 54.1 Å². The van der Waals surface area contributed by atoms with E-state index in [-0.39, 0.29) is 11.7 Å². The number of hydrogen-bond donors (Lipinski definition) is 1. The molecule has 3 nitrogen and oxygen atoms in total. The number of carbonyl (C=O) groups excluding carboxylic acids is 1. The largest absolute Gasteiger partial charge is 0.469 e. The maximum absolute atomic E-state index is 12.5. The van der Waals surface area contributed by atoms with E-state index in [4.69, 9.17) is 21.4 Å². The number of benzene rings is 1. The van der Waals surface area contributed by atoms with Crippen LogP contribution in [-0.2, 0) is 4.79 Å². The van der Waals surface area contributed by atoms with Crippen LogP contribution in [0.3, 0.4) is 0 Å². The van der Waals surface area contributed by atoms with Crippen LogP contribution < -0.4 is 0 Å². The van der Waals surface area contributed by atoms with E-state index < -0.39 is 5.92 Å². The number of rotatable bonds is 2. The second-order valence-corrected chi connectivity index (χ2v) is 5.12. The third-order valence-corrected chi connectivity index (χ3v) is 3.70. The van der Waals surface area contributed by atoms with Crippen LogP contribution in [-0.4, -0.2) is 11.5 Å². The summed E-state index contributed by atoms with van der Waals surface area (Å²) in [7, 11) is 0. The van der Waals surface area contributed by atoms with E-state index in [1.807, 2.05) is 6.07 Å². The molecule has 0 amide bonds. The van der Waals surface area contributed by atoms with Crippen LogP contribution in [0.1, 0.15) is 29.6 Å². The molecule has 3 rings (SSSR count). The molecule has 96 valence electrons. The number of halogens is 1. The van der Waals surface area contributed by atoms with Crippen molar-refractivity contribution in [1.29, 1.82) is 5.41 Å². The van der Waals surface area contributed by atoms with Gasteiger partial charge in [-0.1, -0.05) is 23.7 Å². The minimum atomic E-state index is -0.492. The van der Waals surface area contributed by atoms with E-state index in [9.17, 15) is 4.79 Å². The predicted octanol–water partition coefficient (Wildman–Crippen LogP) is 3.79. The first kappa shape index (κ1) is 12.2. The molecule has 1 aliphatic rings. The predicted molar refractivity (Wildman–Crippen MR) is 73.0 cm³/mol. The zero-order valence-corrected chi connectivity index (χ0v) is 10.9. The Hall–Kier alpha value is -1.87. The molecule has 2 atom stereocenters. The van der Waals surface area contributed by atoms with Crippen molar-refractivity contribution in [3.05, 3.63) is 59.0 Å². The van der Waals surface area contributed by atoms with E-state index in [1.165, 1.54) is 0 Å². The summed E-state index contributed by atoms with van der Waals surface area (Å²) in [6.45, 7) is 0. The first-order valence-electron chi connectivity index (χ1n) is 6.06. The highest BCUT2D eigenvalue weighted by molar-refractivity contribution is 6.30. The van der Waals surface area contributed by atoms with Gasteiger partial charge in [-0.05, 0) is 29.8 Å². The zero-order valence-electron chi connectivity index (χ0n) is 10.1. The lowest BCUT2D eigenvalue weighted by atomic mass is 9.93. The summed E-state index contributed by atoms with van der Waals surface area (Å²) < 4.78 is 5.30. The molecule has 2 unspecified atom stereocenters. The van der Waals surface area contributed by atoms with E-state index in [1.54, 1.807) is 36.6 Å². The Kier molecular flexibility index (Phi) is 2.99. The lowest BCUT2D eigenvalue weighted by Gasteiger charge is -2.10. The number of ketones is 1. The van der Waals surface area contributed by atoms with Crippen molar-refractivity contribution in [2.75, 3.05) is 0 Å². The highest BCUT2D eigenvalue weighted by Gasteiger charge is 2.41. The number of Topliss-reactive ketones (excluding diaryl/α,β-unsaturated/α-hetero) is 1. The van der Waals surface area contributed by atoms with Crippen molar-refractivity contribution in [3.63, 3.8) is 0 Å². The quantitative estimate of drug-likeness (QED) is 0.905. The molecule has 1 heterocycles. The molecule has 19 heavy (non-hydrogen) atoms. The summed E-state index contributed by atoms with van der Waals surface area (Å²) >= 11 is 5.95. The Bertz CT molecular complexity index is 633. The van der Waals surface area contributed by atoms with Gasteiger partial charge in [0.2, 0.25) is 0 Å². The smallest absolute Gasteiger partial charge is 0.156 e. The lowest BCUT2D eigenvalue weighted by molar-refractivity contribution is -0.119. The molecule has 4 heteroatoms. The number of furan rings is 1. The third-order valence-electron chi connectivity index (χ3n) is 3.47. The van der Waals surface area contributed by atoms with Crippen molar-refractivity contribution >= 4 is 23.1 Å². The van der Waals surface area contributed by atoms with Crippen molar-refractivity contribution in [2.45, 2.75) is 18.3 Å². The minimum absolute atomic E-state index is 0.0159. The molecule has 1 fully saturated rings. The molecule has 0 spiro atoms. The SMILES string of the molecule is N=C1CC(c2ccco2)C(=O)C1c1cccc(Cl)c1. The average Bonchev–Trinajstić information content (AvgIpc) is 2.97. The third kappa shape index (κ3) is 2.10. The monoisotopic (exact) mass is 273 g/mol. The van der Waals surface area contributed by atoms with Gasteiger partial charge in [-0.3, -0.25) is 4.79 Å². The summed E-state index contributed by atoms with van der Waals surface area (Å²) in [5, 5.41) is 8.65. The Morgan fingerprint density at radius 3 is 2.79 bits per heavy atom. The van der Waals surface area contributed by atoms with Crippen LogP contribution in [0.2, 0.25) is 5.02 Å². The van der Waals surface area contributed by atoms with Crippen LogP contribution in [0.5, 0.6) is 0 Å². The van der Waals surface area contributed by atoms with Crippen molar-refractivity contribution in [1.82, 2.24) is 0 Å². The van der Waals surface area contributed by atoms with Crippen LogP contribution in [0.15, 0.2) is 47.1 Å². The summed E-state index contributed by atoms with van der Waals surface area (Å²) in [5.74, 6) is -0.179. The van der Waals surface area contributed by atoms with E-state index in [0.717, 1.165) is 5.56 Å². The molecule has 0 radical (unpaired) electrons.